The molecule has 2 N–H and O–H groups in total. The molecule has 0 saturated heterocycles. The highest BCUT2D eigenvalue weighted by molar-refractivity contribution is 5.75. The number of aliphatic hydroxyl groups is 1. The maximum Gasteiger partial charge on any atom is 0.309 e. The Labute approximate surface area is 84.1 Å². The first-order valence-corrected chi connectivity index (χ1v) is 5.49. The summed E-state index contributed by atoms with van der Waals surface area (Å²) in [6, 6.07) is 0. The van der Waals surface area contributed by atoms with Crippen molar-refractivity contribution >= 4 is 5.97 Å². The highest BCUT2D eigenvalue weighted by atomic mass is 16.4. The number of aliphatic carboxylic acids is 1. The van der Waals surface area contributed by atoms with E-state index in [-0.39, 0.29) is 0 Å². The molecule has 80 valence electrons. The average molecular weight is 198 g/mol. The zero-order valence-corrected chi connectivity index (χ0v) is 8.57. The Balaban J connectivity index is 2.04. The number of carboxylic acids is 1. The molecule has 0 spiro atoms. The number of rotatable bonds is 4. The van der Waals surface area contributed by atoms with Crippen molar-refractivity contribution in [3.05, 3.63) is 0 Å². The van der Waals surface area contributed by atoms with E-state index < -0.39 is 17.5 Å². The van der Waals surface area contributed by atoms with Gasteiger partial charge in [0.1, 0.15) is 0 Å². The van der Waals surface area contributed by atoms with E-state index in [1.54, 1.807) is 0 Å². The monoisotopic (exact) mass is 198 g/mol. The molecular formula is C11H18O3. The van der Waals surface area contributed by atoms with Gasteiger partial charge in [0.25, 0.3) is 0 Å². The Bertz CT molecular complexity index is 239. The minimum absolute atomic E-state index is 0.441. The van der Waals surface area contributed by atoms with Crippen molar-refractivity contribution in [3.63, 3.8) is 0 Å². The van der Waals surface area contributed by atoms with E-state index in [1.165, 1.54) is 6.42 Å². The van der Waals surface area contributed by atoms with Crippen LogP contribution in [0.15, 0.2) is 0 Å². The summed E-state index contributed by atoms with van der Waals surface area (Å²) in [5, 5.41) is 18.8. The standard InChI is InChI=1S/C11H18O3/c1-2-9(12)6-11(10(13)14)4-7-3-8(7)5-11/h7-9,12H,2-6H2,1H3,(H,13,14). The molecule has 3 nitrogen and oxygen atoms in total. The molecule has 0 aromatic carbocycles. The minimum atomic E-state index is -0.697. The zero-order chi connectivity index (χ0) is 10.3. The van der Waals surface area contributed by atoms with Crippen molar-refractivity contribution < 1.29 is 15.0 Å². The number of hydrogen-bond donors (Lipinski definition) is 2. The second-order valence-corrected chi connectivity index (χ2v) is 5.02. The lowest BCUT2D eigenvalue weighted by molar-refractivity contribution is -0.151. The molecule has 2 aliphatic rings. The molecule has 0 heterocycles. The lowest BCUT2D eigenvalue weighted by Crippen LogP contribution is -2.33. The van der Waals surface area contributed by atoms with Gasteiger partial charge in [-0.2, -0.15) is 0 Å². The largest absolute Gasteiger partial charge is 0.481 e. The number of aliphatic hydroxyl groups excluding tert-OH is 1. The molecule has 2 aliphatic carbocycles. The Kier molecular flexibility index (Phi) is 2.30. The molecule has 14 heavy (non-hydrogen) atoms. The van der Waals surface area contributed by atoms with Gasteiger partial charge in [0.2, 0.25) is 0 Å². The van der Waals surface area contributed by atoms with Crippen molar-refractivity contribution in [3.8, 4) is 0 Å². The molecular weight excluding hydrogens is 180 g/mol. The van der Waals surface area contributed by atoms with Crippen LogP contribution in [0.25, 0.3) is 0 Å². The van der Waals surface area contributed by atoms with Crippen LogP contribution in [0, 0.1) is 17.3 Å². The smallest absolute Gasteiger partial charge is 0.309 e. The molecule has 3 unspecified atom stereocenters. The minimum Gasteiger partial charge on any atom is -0.481 e. The average Bonchev–Trinajstić information content (AvgIpc) is 2.74. The fraction of sp³-hybridized carbons (Fsp3) is 0.909. The van der Waals surface area contributed by atoms with E-state index in [2.05, 4.69) is 0 Å². The Morgan fingerprint density at radius 3 is 2.50 bits per heavy atom. The number of fused-ring (bicyclic) bond motifs is 1. The topological polar surface area (TPSA) is 57.5 Å². The number of hydrogen-bond acceptors (Lipinski definition) is 2. The molecule has 0 bridgehead atoms. The molecule has 3 atom stereocenters. The Morgan fingerprint density at radius 1 is 1.50 bits per heavy atom. The van der Waals surface area contributed by atoms with E-state index in [4.69, 9.17) is 0 Å². The van der Waals surface area contributed by atoms with Crippen LogP contribution in [0.3, 0.4) is 0 Å². The van der Waals surface area contributed by atoms with E-state index in [9.17, 15) is 15.0 Å². The van der Waals surface area contributed by atoms with Crippen LogP contribution >= 0.6 is 0 Å². The summed E-state index contributed by atoms with van der Waals surface area (Å²) in [6.07, 6.45) is 3.48. The first-order valence-electron chi connectivity index (χ1n) is 5.49. The second-order valence-electron chi connectivity index (χ2n) is 5.02. The summed E-state index contributed by atoms with van der Waals surface area (Å²) >= 11 is 0. The van der Waals surface area contributed by atoms with Gasteiger partial charge in [0, 0.05) is 0 Å². The van der Waals surface area contributed by atoms with Crippen molar-refractivity contribution in [2.75, 3.05) is 0 Å². The van der Waals surface area contributed by atoms with Gasteiger partial charge in [-0.25, -0.2) is 0 Å². The van der Waals surface area contributed by atoms with Gasteiger partial charge in [-0.1, -0.05) is 6.92 Å². The van der Waals surface area contributed by atoms with Crippen LogP contribution in [-0.2, 0) is 4.79 Å². The SMILES string of the molecule is CCC(O)CC1(C(=O)O)CC2CC2C1. The van der Waals surface area contributed by atoms with Gasteiger partial charge >= 0.3 is 5.97 Å². The van der Waals surface area contributed by atoms with Crippen molar-refractivity contribution in [1.82, 2.24) is 0 Å². The van der Waals surface area contributed by atoms with Gasteiger partial charge in [0.15, 0.2) is 0 Å². The molecule has 0 amide bonds. The maximum absolute atomic E-state index is 11.2. The summed E-state index contributed by atoms with van der Waals surface area (Å²) in [6.45, 7) is 1.90. The van der Waals surface area contributed by atoms with Crippen LogP contribution in [0.2, 0.25) is 0 Å². The molecule has 0 aromatic rings. The van der Waals surface area contributed by atoms with Crippen molar-refractivity contribution in [2.24, 2.45) is 17.3 Å². The van der Waals surface area contributed by atoms with Gasteiger partial charge in [-0.05, 0) is 43.9 Å². The number of carboxylic acid groups (broad SMARTS) is 1. The summed E-state index contributed by atoms with van der Waals surface area (Å²) in [5.74, 6) is 0.600. The summed E-state index contributed by atoms with van der Waals surface area (Å²) in [5.41, 5.74) is -0.594. The Morgan fingerprint density at radius 2 is 2.07 bits per heavy atom. The first-order chi connectivity index (χ1) is 6.57. The number of carbonyl (C=O) groups is 1. The fourth-order valence-electron chi connectivity index (χ4n) is 2.92. The van der Waals surface area contributed by atoms with E-state index >= 15 is 0 Å². The molecule has 0 aromatic heterocycles. The highest BCUT2D eigenvalue weighted by Gasteiger charge is 2.57. The van der Waals surface area contributed by atoms with Gasteiger partial charge < -0.3 is 10.2 Å². The second kappa shape index (κ2) is 3.23. The fourth-order valence-corrected chi connectivity index (χ4v) is 2.92. The van der Waals surface area contributed by atoms with Crippen LogP contribution in [-0.4, -0.2) is 22.3 Å². The zero-order valence-electron chi connectivity index (χ0n) is 8.57. The highest BCUT2D eigenvalue weighted by Crippen LogP contribution is 2.61. The maximum atomic E-state index is 11.2. The summed E-state index contributed by atoms with van der Waals surface area (Å²) in [4.78, 5) is 11.2. The molecule has 2 saturated carbocycles. The quantitative estimate of drug-likeness (QED) is 0.722. The van der Waals surface area contributed by atoms with Crippen LogP contribution in [0.4, 0.5) is 0 Å². The van der Waals surface area contributed by atoms with E-state index in [1.807, 2.05) is 6.92 Å². The van der Waals surface area contributed by atoms with Crippen molar-refractivity contribution in [2.45, 2.75) is 45.1 Å². The van der Waals surface area contributed by atoms with Gasteiger partial charge in [-0.3, -0.25) is 4.79 Å². The molecule has 2 rings (SSSR count). The van der Waals surface area contributed by atoms with E-state index in [0.717, 1.165) is 12.8 Å². The van der Waals surface area contributed by atoms with Crippen LogP contribution < -0.4 is 0 Å². The molecule has 0 aliphatic heterocycles. The lowest BCUT2D eigenvalue weighted by atomic mass is 9.77. The third-order valence-electron chi connectivity index (χ3n) is 3.93. The third kappa shape index (κ3) is 1.54. The predicted octanol–water partition coefficient (Wildman–Crippen LogP) is 1.65. The summed E-state index contributed by atoms with van der Waals surface area (Å²) < 4.78 is 0. The van der Waals surface area contributed by atoms with Crippen LogP contribution in [0.5, 0.6) is 0 Å². The molecule has 3 heteroatoms. The van der Waals surface area contributed by atoms with Crippen molar-refractivity contribution in [1.29, 1.82) is 0 Å². The van der Waals surface area contributed by atoms with Gasteiger partial charge in [-0.15, -0.1) is 0 Å². The third-order valence-corrected chi connectivity index (χ3v) is 3.93. The first kappa shape index (κ1) is 9.97. The normalized spacial score (nSPS) is 41.9. The van der Waals surface area contributed by atoms with E-state index in [0.29, 0.717) is 24.7 Å². The predicted molar refractivity (Wildman–Crippen MR) is 51.8 cm³/mol. The molecule has 2 fully saturated rings. The Hall–Kier alpha value is -0.570. The van der Waals surface area contributed by atoms with Gasteiger partial charge in [0.05, 0.1) is 11.5 Å². The summed E-state index contributed by atoms with van der Waals surface area (Å²) in [7, 11) is 0. The van der Waals surface area contributed by atoms with Crippen LogP contribution in [0.1, 0.15) is 39.0 Å². The molecule has 0 radical (unpaired) electrons. The lowest BCUT2D eigenvalue weighted by Gasteiger charge is -2.27.